The second-order valence-corrected chi connectivity index (χ2v) is 3.57. The van der Waals surface area contributed by atoms with Gasteiger partial charge in [0.2, 0.25) is 0 Å². The van der Waals surface area contributed by atoms with Crippen molar-refractivity contribution in [3.63, 3.8) is 0 Å². The molecule has 2 N–H and O–H groups in total. The quantitative estimate of drug-likeness (QED) is 0.811. The van der Waals surface area contributed by atoms with E-state index >= 15 is 0 Å². The Labute approximate surface area is 94.2 Å². The summed E-state index contributed by atoms with van der Waals surface area (Å²) in [6.07, 6.45) is 0. The molecular weight excluding hydrogens is 230 g/mol. The number of carboxylic acid groups (broad SMARTS) is 1. The number of aliphatic carboxylic acids is 1. The molecule has 7 heteroatoms. The third kappa shape index (κ3) is 2.14. The number of hydrogen-bond donors (Lipinski definition) is 2. The minimum Gasteiger partial charge on any atom is -0.480 e. The van der Waals surface area contributed by atoms with Gasteiger partial charge in [-0.1, -0.05) is 0 Å². The number of carboxylic acids is 1. The average Bonchev–Trinajstić information content (AvgIpc) is 2.72. The first-order valence-corrected chi connectivity index (χ1v) is 5.12. The Morgan fingerprint density at radius 1 is 1.31 bits per heavy atom. The summed E-state index contributed by atoms with van der Waals surface area (Å²) in [6.45, 7) is -0.397. The molecule has 0 saturated carbocycles. The van der Waals surface area contributed by atoms with E-state index in [1.807, 2.05) is 0 Å². The van der Waals surface area contributed by atoms with Gasteiger partial charge in [-0.25, -0.2) is 0 Å². The molecule has 0 aliphatic rings. The normalized spacial score (nSPS) is 10.2. The van der Waals surface area contributed by atoms with Crippen LogP contribution in [-0.2, 0) is 4.79 Å². The van der Waals surface area contributed by atoms with Crippen molar-refractivity contribution in [1.82, 2.24) is 14.1 Å². The Morgan fingerprint density at radius 3 is 2.81 bits per heavy atom. The molecule has 0 fully saturated rings. The fourth-order valence-corrected chi connectivity index (χ4v) is 1.70. The smallest absolute Gasteiger partial charge is 0.322 e. The van der Waals surface area contributed by atoms with Crippen molar-refractivity contribution in [3.8, 4) is 0 Å². The zero-order valence-electron chi connectivity index (χ0n) is 8.01. The van der Waals surface area contributed by atoms with Crippen molar-refractivity contribution in [2.75, 3.05) is 6.54 Å². The first kappa shape index (κ1) is 10.5. The Morgan fingerprint density at radius 2 is 2.06 bits per heavy atom. The maximum absolute atomic E-state index is 11.5. The lowest BCUT2D eigenvalue weighted by Crippen LogP contribution is -2.29. The van der Waals surface area contributed by atoms with Crippen LogP contribution in [-0.4, -0.2) is 32.3 Å². The monoisotopic (exact) mass is 237 g/mol. The van der Waals surface area contributed by atoms with Crippen LogP contribution in [0, 0.1) is 0 Å². The fourth-order valence-electron chi connectivity index (χ4n) is 1.18. The molecule has 0 bridgehead atoms. The van der Waals surface area contributed by atoms with Crippen molar-refractivity contribution in [2.24, 2.45) is 0 Å². The minimum absolute atomic E-state index is 0.376. The lowest BCUT2D eigenvalue weighted by atomic mass is 10.2. The van der Waals surface area contributed by atoms with Crippen LogP contribution in [0.3, 0.4) is 0 Å². The predicted octanol–water partition coefficient (Wildman–Crippen LogP) is 0.506. The molecule has 1 amide bonds. The highest BCUT2D eigenvalue weighted by Crippen LogP contribution is 2.13. The molecule has 0 unspecified atom stereocenters. The van der Waals surface area contributed by atoms with Gasteiger partial charge in [-0.3, -0.25) is 9.59 Å². The van der Waals surface area contributed by atoms with Gasteiger partial charge in [0, 0.05) is 5.56 Å². The largest absolute Gasteiger partial charge is 0.480 e. The Bertz CT molecular complexity index is 552. The number of rotatable bonds is 3. The standard InChI is InChI=1S/C9H7N3O3S/c13-8(14)4-10-9(15)5-1-2-6-7(3-5)12-16-11-6/h1-3H,4H2,(H,10,15)(H,13,14). The van der Waals surface area contributed by atoms with E-state index in [1.54, 1.807) is 18.2 Å². The highest BCUT2D eigenvalue weighted by molar-refractivity contribution is 7.00. The van der Waals surface area contributed by atoms with Gasteiger partial charge in [0.1, 0.15) is 17.6 Å². The highest BCUT2D eigenvalue weighted by Gasteiger charge is 2.08. The highest BCUT2D eigenvalue weighted by atomic mass is 32.1. The SMILES string of the molecule is O=C(O)CNC(=O)c1ccc2nsnc2c1. The molecular formula is C9H7N3O3S. The molecule has 0 radical (unpaired) electrons. The van der Waals surface area contributed by atoms with Gasteiger partial charge in [-0.2, -0.15) is 8.75 Å². The molecule has 0 aliphatic carbocycles. The zero-order valence-corrected chi connectivity index (χ0v) is 8.82. The fraction of sp³-hybridized carbons (Fsp3) is 0.111. The topological polar surface area (TPSA) is 92.2 Å². The number of carbonyl (C=O) groups excluding carboxylic acids is 1. The van der Waals surface area contributed by atoms with E-state index in [4.69, 9.17) is 5.11 Å². The van der Waals surface area contributed by atoms with Crippen molar-refractivity contribution in [2.45, 2.75) is 0 Å². The second kappa shape index (κ2) is 4.23. The van der Waals surface area contributed by atoms with E-state index in [0.717, 1.165) is 17.2 Å². The van der Waals surface area contributed by atoms with Gasteiger partial charge < -0.3 is 10.4 Å². The summed E-state index contributed by atoms with van der Waals surface area (Å²) in [6, 6.07) is 4.84. The number of benzene rings is 1. The first-order chi connectivity index (χ1) is 7.66. The summed E-state index contributed by atoms with van der Waals surface area (Å²) in [5, 5.41) is 10.7. The third-order valence-electron chi connectivity index (χ3n) is 1.92. The Hall–Kier alpha value is -2.02. The van der Waals surface area contributed by atoms with Crippen LogP contribution in [0.5, 0.6) is 0 Å². The van der Waals surface area contributed by atoms with Crippen LogP contribution in [0.15, 0.2) is 18.2 Å². The van der Waals surface area contributed by atoms with E-state index in [2.05, 4.69) is 14.1 Å². The number of amides is 1. The van der Waals surface area contributed by atoms with Crippen molar-refractivity contribution < 1.29 is 14.7 Å². The molecule has 0 aliphatic heterocycles. The average molecular weight is 237 g/mol. The molecule has 0 atom stereocenters. The van der Waals surface area contributed by atoms with Crippen LogP contribution in [0.25, 0.3) is 11.0 Å². The van der Waals surface area contributed by atoms with E-state index in [0.29, 0.717) is 11.1 Å². The maximum atomic E-state index is 11.5. The number of fused-ring (bicyclic) bond motifs is 1. The minimum atomic E-state index is -1.08. The molecule has 82 valence electrons. The lowest BCUT2D eigenvalue weighted by molar-refractivity contribution is -0.135. The van der Waals surface area contributed by atoms with Crippen molar-refractivity contribution in [1.29, 1.82) is 0 Å². The molecule has 6 nitrogen and oxygen atoms in total. The van der Waals surface area contributed by atoms with Crippen LogP contribution >= 0.6 is 11.7 Å². The lowest BCUT2D eigenvalue weighted by Gasteiger charge is -2.01. The summed E-state index contributed by atoms with van der Waals surface area (Å²) in [4.78, 5) is 21.8. The summed E-state index contributed by atoms with van der Waals surface area (Å²) in [7, 11) is 0. The van der Waals surface area contributed by atoms with Crippen LogP contribution in [0.4, 0.5) is 0 Å². The van der Waals surface area contributed by atoms with Crippen LogP contribution in [0.2, 0.25) is 0 Å². The summed E-state index contributed by atoms with van der Waals surface area (Å²) < 4.78 is 7.99. The van der Waals surface area contributed by atoms with Gasteiger partial charge in [0.25, 0.3) is 5.91 Å². The number of nitrogens with one attached hydrogen (secondary N) is 1. The summed E-state index contributed by atoms with van der Waals surface area (Å²) >= 11 is 1.07. The summed E-state index contributed by atoms with van der Waals surface area (Å²) in [5.41, 5.74) is 1.73. The number of nitrogens with zero attached hydrogens (tertiary/aromatic N) is 2. The van der Waals surface area contributed by atoms with E-state index in [1.165, 1.54) is 0 Å². The van der Waals surface area contributed by atoms with Crippen LogP contribution < -0.4 is 5.32 Å². The van der Waals surface area contributed by atoms with Crippen LogP contribution in [0.1, 0.15) is 10.4 Å². The van der Waals surface area contributed by atoms with Crippen molar-refractivity contribution >= 4 is 34.6 Å². The number of carbonyl (C=O) groups is 2. The van der Waals surface area contributed by atoms with Gasteiger partial charge in [0.15, 0.2) is 0 Å². The molecule has 16 heavy (non-hydrogen) atoms. The Balaban J connectivity index is 2.19. The molecule has 1 aromatic carbocycles. The molecule has 0 spiro atoms. The molecule has 0 saturated heterocycles. The molecule has 2 rings (SSSR count). The van der Waals surface area contributed by atoms with Gasteiger partial charge >= 0.3 is 5.97 Å². The Kier molecular flexibility index (Phi) is 2.78. The van der Waals surface area contributed by atoms with E-state index in [-0.39, 0.29) is 0 Å². The van der Waals surface area contributed by atoms with E-state index in [9.17, 15) is 9.59 Å². The maximum Gasteiger partial charge on any atom is 0.322 e. The number of aromatic nitrogens is 2. The molecule has 1 aromatic heterocycles. The zero-order chi connectivity index (χ0) is 11.5. The third-order valence-corrected chi connectivity index (χ3v) is 2.47. The van der Waals surface area contributed by atoms with Gasteiger partial charge in [-0.15, -0.1) is 0 Å². The van der Waals surface area contributed by atoms with E-state index < -0.39 is 18.4 Å². The first-order valence-electron chi connectivity index (χ1n) is 4.39. The van der Waals surface area contributed by atoms with Crippen molar-refractivity contribution in [3.05, 3.63) is 23.8 Å². The number of hydrogen-bond acceptors (Lipinski definition) is 5. The molecule has 2 aromatic rings. The predicted molar refractivity (Wildman–Crippen MR) is 57.4 cm³/mol. The van der Waals surface area contributed by atoms with Gasteiger partial charge in [0.05, 0.1) is 11.7 Å². The van der Waals surface area contributed by atoms with Gasteiger partial charge in [-0.05, 0) is 18.2 Å². The molecule has 1 heterocycles. The second-order valence-electron chi connectivity index (χ2n) is 3.04. The summed E-state index contributed by atoms with van der Waals surface area (Å²) in [5.74, 6) is -1.51.